The molecule has 5 heteroatoms. The number of hydrogen-bond acceptors (Lipinski definition) is 4. The summed E-state index contributed by atoms with van der Waals surface area (Å²) in [6, 6.07) is 8.30. The molecular formula is C18H28O3S2. The highest BCUT2D eigenvalue weighted by Gasteiger charge is 2.24. The molecule has 1 saturated heterocycles. The van der Waals surface area contributed by atoms with Crippen molar-refractivity contribution in [1.82, 2.24) is 0 Å². The van der Waals surface area contributed by atoms with Crippen LogP contribution in [0.25, 0.3) is 0 Å². The Kier molecular flexibility index (Phi) is 11.3. The molecule has 0 radical (unpaired) electrons. The Labute approximate surface area is 148 Å². The fourth-order valence-electron chi connectivity index (χ4n) is 2.25. The maximum absolute atomic E-state index is 10.2. The summed E-state index contributed by atoms with van der Waals surface area (Å²) in [5.41, 5.74) is 0.331. The number of carbonyl (C=O) groups is 1. The van der Waals surface area contributed by atoms with Crippen molar-refractivity contribution in [3.05, 3.63) is 35.9 Å². The Bertz CT molecular complexity index is 426. The lowest BCUT2D eigenvalue weighted by Crippen LogP contribution is -2.06. The molecule has 0 unspecified atom stereocenters. The number of aliphatic hydroxyl groups excluding tert-OH is 1. The Morgan fingerprint density at radius 1 is 1.17 bits per heavy atom. The van der Waals surface area contributed by atoms with E-state index in [1.807, 2.05) is 23.5 Å². The third kappa shape index (κ3) is 9.28. The van der Waals surface area contributed by atoms with Gasteiger partial charge in [-0.3, -0.25) is 0 Å². The van der Waals surface area contributed by atoms with Crippen molar-refractivity contribution in [2.24, 2.45) is 0 Å². The van der Waals surface area contributed by atoms with Gasteiger partial charge in [0.2, 0.25) is 0 Å². The Morgan fingerprint density at radius 2 is 1.87 bits per heavy atom. The molecule has 1 aromatic carbocycles. The molecule has 130 valence electrons. The van der Waals surface area contributed by atoms with Gasteiger partial charge in [0.15, 0.2) is 0 Å². The first-order chi connectivity index (χ1) is 11.2. The molecule has 0 aliphatic carbocycles. The standard InChI is InChI=1S/C11H22OS2.C7H6O2/c1-2-3-4-5-6-7-11-13-9-10(8-12)14-11;8-7(9)6-4-2-1-3-5-6/h10-12H,2-9H2,1H3;1-5H,(H,8,9)/t10-,11+;/m0./s1. The lowest BCUT2D eigenvalue weighted by atomic mass is 10.1. The van der Waals surface area contributed by atoms with E-state index in [9.17, 15) is 4.79 Å². The third-order valence-corrected chi connectivity index (χ3v) is 6.97. The van der Waals surface area contributed by atoms with Crippen molar-refractivity contribution in [1.29, 1.82) is 0 Å². The number of benzene rings is 1. The first-order valence-electron chi connectivity index (χ1n) is 8.33. The summed E-state index contributed by atoms with van der Waals surface area (Å²) in [5, 5.41) is 17.9. The van der Waals surface area contributed by atoms with Crippen molar-refractivity contribution in [2.45, 2.75) is 55.3 Å². The number of rotatable bonds is 8. The number of aliphatic hydroxyl groups is 1. The molecule has 1 heterocycles. The normalized spacial score (nSPS) is 19.9. The predicted molar refractivity (Wildman–Crippen MR) is 101 cm³/mol. The van der Waals surface area contributed by atoms with E-state index in [4.69, 9.17) is 10.2 Å². The molecule has 1 fully saturated rings. The van der Waals surface area contributed by atoms with Gasteiger partial charge in [0.05, 0.1) is 16.8 Å². The van der Waals surface area contributed by atoms with Crippen LogP contribution >= 0.6 is 23.5 Å². The van der Waals surface area contributed by atoms with Gasteiger partial charge in [0.25, 0.3) is 0 Å². The lowest BCUT2D eigenvalue weighted by molar-refractivity contribution is 0.0697. The minimum Gasteiger partial charge on any atom is -0.478 e. The van der Waals surface area contributed by atoms with Crippen LogP contribution in [0.1, 0.15) is 55.8 Å². The number of unbranched alkanes of at least 4 members (excludes halogenated alkanes) is 4. The van der Waals surface area contributed by atoms with E-state index in [2.05, 4.69) is 6.92 Å². The van der Waals surface area contributed by atoms with Gasteiger partial charge in [-0.1, -0.05) is 57.2 Å². The van der Waals surface area contributed by atoms with Gasteiger partial charge in [0, 0.05) is 11.0 Å². The smallest absolute Gasteiger partial charge is 0.335 e. The molecule has 23 heavy (non-hydrogen) atoms. The quantitative estimate of drug-likeness (QED) is 0.649. The zero-order valence-corrected chi connectivity index (χ0v) is 15.5. The average molecular weight is 357 g/mol. The number of carboxylic acids is 1. The lowest BCUT2D eigenvalue weighted by Gasteiger charge is -2.08. The second kappa shape index (κ2) is 12.7. The van der Waals surface area contributed by atoms with Gasteiger partial charge >= 0.3 is 5.97 Å². The highest BCUT2D eigenvalue weighted by molar-refractivity contribution is 8.20. The average Bonchev–Trinajstić information content (AvgIpc) is 3.04. The van der Waals surface area contributed by atoms with Gasteiger partial charge in [-0.2, -0.15) is 0 Å². The zero-order valence-electron chi connectivity index (χ0n) is 13.8. The number of hydrogen-bond donors (Lipinski definition) is 2. The summed E-state index contributed by atoms with van der Waals surface area (Å²) in [6.07, 6.45) is 8.25. The molecule has 0 saturated carbocycles. The maximum Gasteiger partial charge on any atom is 0.335 e. The van der Waals surface area contributed by atoms with Crippen LogP contribution in [0, 0.1) is 0 Å². The van der Waals surface area contributed by atoms with Crippen LogP contribution in [0.5, 0.6) is 0 Å². The van der Waals surface area contributed by atoms with E-state index in [0.29, 0.717) is 17.4 Å². The van der Waals surface area contributed by atoms with Gasteiger partial charge in [-0.15, -0.1) is 23.5 Å². The highest BCUT2D eigenvalue weighted by atomic mass is 32.2. The Morgan fingerprint density at radius 3 is 2.39 bits per heavy atom. The molecular weight excluding hydrogens is 328 g/mol. The van der Waals surface area contributed by atoms with Crippen LogP contribution in [-0.4, -0.2) is 38.4 Å². The van der Waals surface area contributed by atoms with Crippen molar-refractivity contribution >= 4 is 29.5 Å². The molecule has 1 aliphatic rings. The number of thioether (sulfide) groups is 2. The number of carboxylic acid groups (broad SMARTS) is 1. The van der Waals surface area contributed by atoms with Crippen LogP contribution < -0.4 is 0 Å². The maximum atomic E-state index is 10.2. The van der Waals surface area contributed by atoms with Crippen molar-refractivity contribution in [2.75, 3.05) is 12.4 Å². The summed E-state index contributed by atoms with van der Waals surface area (Å²) in [5.74, 6) is 0.274. The minimum absolute atomic E-state index is 0.331. The Balaban J connectivity index is 0.000000253. The minimum atomic E-state index is -0.879. The van der Waals surface area contributed by atoms with Crippen molar-refractivity contribution < 1.29 is 15.0 Å². The summed E-state index contributed by atoms with van der Waals surface area (Å²) >= 11 is 4.03. The largest absolute Gasteiger partial charge is 0.478 e. The summed E-state index contributed by atoms with van der Waals surface area (Å²) in [6.45, 7) is 2.62. The van der Waals surface area contributed by atoms with Crippen molar-refractivity contribution in [3.63, 3.8) is 0 Å². The highest BCUT2D eigenvalue weighted by Crippen LogP contribution is 2.40. The topological polar surface area (TPSA) is 57.5 Å². The summed E-state index contributed by atoms with van der Waals surface area (Å²) in [7, 11) is 0. The molecule has 2 rings (SSSR count). The molecule has 2 N–H and O–H groups in total. The molecule has 1 aliphatic heterocycles. The van der Waals surface area contributed by atoms with Gasteiger partial charge in [0.1, 0.15) is 0 Å². The molecule has 0 aromatic heterocycles. The SMILES string of the molecule is CCCCCCC[C@@H]1SC[C@H](CO)S1.O=C(O)c1ccccc1. The fourth-order valence-corrected chi connectivity index (χ4v) is 5.51. The molecule has 3 nitrogen and oxygen atoms in total. The van der Waals surface area contributed by atoms with Crippen molar-refractivity contribution in [3.8, 4) is 0 Å². The van der Waals surface area contributed by atoms with Crippen LogP contribution in [0.2, 0.25) is 0 Å². The fraction of sp³-hybridized carbons (Fsp3) is 0.611. The first kappa shape index (κ1) is 20.4. The Hall–Kier alpha value is -0.650. The van der Waals surface area contributed by atoms with Gasteiger partial charge in [-0.05, 0) is 18.6 Å². The summed E-state index contributed by atoms with van der Waals surface area (Å²) in [4.78, 5) is 10.2. The predicted octanol–water partition coefficient (Wildman–Crippen LogP) is 4.90. The van der Waals surface area contributed by atoms with Crippen LogP contribution in [0.15, 0.2) is 30.3 Å². The second-order valence-corrected chi connectivity index (χ2v) is 8.62. The van der Waals surface area contributed by atoms with E-state index < -0.39 is 5.97 Å². The molecule has 0 amide bonds. The molecule has 1 aromatic rings. The number of aromatic carboxylic acids is 1. The monoisotopic (exact) mass is 356 g/mol. The second-order valence-electron chi connectivity index (χ2n) is 5.58. The first-order valence-corrected chi connectivity index (χ1v) is 10.3. The van der Waals surface area contributed by atoms with Gasteiger partial charge < -0.3 is 10.2 Å². The third-order valence-electron chi connectivity index (χ3n) is 3.58. The van der Waals surface area contributed by atoms with Crippen LogP contribution in [0.4, 0.5) is 0 Å². The zero-order chi connectivity index (χ0) is 16.9. The van der Waals surface area contributed by atoms with Gasteiger partial charge in [-0.25, -0.2) is 4.79 Å². The molecule has 2 atom stereocenters. The van der Waals surface area contributed by atoms with E-state index >= 15 is 0 Å². The van der Waals surface area contributed by atoms with E-state index in [1.165, 1.54) is 38.5 Å². The molecule has 0 spiro atoms. The van der Waals surface area contributed by atoms with E-state index in [0.717, 1.165) is 10.3 Å². The van der Waals surface area contributed by atoms with E-state index in [-0.39, 0.29) is 0 Å². The summed E-state index contributed by atoms with van der Waals surface area (Å²) < 4.78 is 0.772. The molecule has 0 bridgehead atoms. The van der Waals surface area contributed by atoms with E-state index in [1.54, 1.807) is 30.3 Å². The van der Waals surface area contributed by atoms with Crippen LogP contribution in [0.3, 0.4) is 0 Å². The van der Waals surface area contributed by atoms with Crippen LogP contribution in [-0.2, 0) is 0 Å².